The Labute approximate surface area is 112 Å². The number of carbonyl (C=O) groups is 3. The highest BCUT2D eigenvalue weighted by Crippen LogP contribution is 1.94. The molecule has 0 unspecified atom stereocenters. The Morgan fingerprint density at radius 1 is 1.11 bits per heavy atom. The zero-order valence-electron chi connectivity index (χ0n) is 11.1. The van der Waals surface area contributed by atoms with Gasteiger partial charge in [-0.3, -0.25) is 19.8 Å². The van der Waals surface area contributed by atoms with Crippen LogP contribution >= 0.6 is 0 Å². The van der Waals surface area contributed by atoms with E-state index in [9.17, 15) is 14.4 Å². The first-order chi connectivity index (χ1) is 9.13. The van der Waals surface area contributed by atoms with Gasteiger partial charge in [0.05, 0.1) is 0 Å². The van der Waals surface area contributed by atoms with Crippen molar-refractivity contribution in [3.63, 3.8) is 0 Å². The lowest BCUT2D eigenvalue weighted by Crippen LogP contribution is -2.55. The van der Waals surface area contributed by atoms with E-state index in [4.69, 9.17) is 0 Å². The summed E-state index contributed by atoms with van der Waals surface area (Å²) in [6, 6.07) is 0. The first-order valence-corrected chi connectivity index (χ1v) is 6.33. The van der Waals surface area contributed by atoms with Gasteiger partial charge in [-0.15, -0.1) is 0 Å². The molecule has 0 atom stereocenters. The number of nitrogens with one attached hydrogen (secondary N) is 3. The van der Waals surface area contributed by atoms with Gasteiger partial charge in [0.1, 0.15) is 0 Å². The lowest BCUT2D eigenvalue weighted by molar-refractivity contribution is -0.142. The molecule has 1 aliphatic heterocycles. The maximum absolute atomic E-state index is 11.6. The number of piperazine rings is 1. The van der Waals surface area contributed by atoms with Crippen LogP contribution in [0.2, 0.25) is 0 Å². The maximum Gasteiger partial charge on any atom is 0.323 e. The van der Waals surface area contributed by atoms with Crippen LogP contribution in [0.25, 0.3) is 0 Å². The normalized spacial score (nSPS) is 16.7. The van der Waals surface area contributed by atoms with Crippen LogP contribution in [0.1, 0.15) is 6.42 Å². The minimum atomic E-state index is -0.648. The van der Waals surface area contributed by atoms with Gasteiger partial charge in [0.15, 0.2) is 0 Å². The molecule has 1 saturated heterocycles. The monoisotopic (exact) mass is 271 g/mol. The van der Waals surface area contributed by atoms with Gasteiger partial charge in [0.25, 0.3) is 0 Å². The van der Waals surface area contributed by atoms with Gasteiger partial charge in [0.2, 0.25) is 6.41 Å². The molecule has 3 N–H and O–H groups in total. The number of hydrogen-bond donors (Lipinski definition) is 3. The van der Waals surface area contributed by atoms with Crippen LogP contribution in [0.3, 0.4) is 0 Å². The van der Waals surface area contributed by atoms with Gasteiger partial charge < -0.3 is 15.5 Å². The molecule has 1 fully saturated rings. The molecule has 0 radical (unpaired) electrons. The van der Waals surface area contributed by atoms with Gasteiger partial charge in [-0.2, -0.15) is 0 Å². The third kappa shape index (κ3) is 6.16. The van der Waals surface area contributed by atoms with Crippen molar-refractivity contribution in [2.45, 2.75) is 6.42 Å². The predicted octanol–water partition coefficient (Wildman–Crippen LogP) is -2.48. The highest BCUT2D eigenvalue weighted by Gasteiger charge is 2.19. The minimum absolute atomic E-state index is 0.357. The first kappa shape index (κ1) is 15.4. The molecule has 0 aromatic carbocycles. The van der Waals surface area contributed by atoms with Gasteiger partial charge in [-0.05, 0) is 13.5 Å². The number of hydrogen-bond acceptors (Lipinski definition) is 5. The molecule has 8 heteroatoms. The van der Waals surface area contributed by atoms with Crippen LogP contribution in [0.15, 0.2) is 0 Å². The van der Waals surface area contributed by atoms with Gasteiger partial charge in [-0.1, -0.05) is 0 Å². The fourth-order valence-electron chi connectivity index (χ4n) is 1.64. The molecule has 1 heterocycles. The van der Waals surface area contributed by atoms with Crippen LogP contribution in [-0.4, -0.2) is 74.4 Å². The standard InChI is InChI=1S/C11H21N5O3/c1-15-5-7-16(8-6-15)14-11(19)10(18)13-4-2-3-12-9-17/h9H,2-8H2,1H3,(H,12,17)(H,13,18)(H,14,19). The Kier molecular flexibility index (Phi) is 6.83. The van der Waals surface area contributed by atoms with Gasteiger partial charge >= 0.3 is 11.8 Å². The van der Waals surface area contributed by atoms with Crippen molar-refractivity contribution >= 4 is 18.2 Å². The van der Waals surface area contributed by atoms with Crippen LogP contribution in [-0.2, 0) is 14.4 Å². The number of carbonyl (C=O) groups excluding carboxylic acids is 3. The van der Waals surface area contributed by atoms with E-state index in [0.717, 1.165) is 13.1 Å². The van der Waals surface area contributed by atoms with Gasteiger partial charge in [-0.25, -0.2) is 5.01 Å². The molecule has 0 saturated carbocycles. The van der Waals surface area contributed by atoms with Crippen LogP contribution in [0, 0.1) is 0 Å². The van der Waals surface area contributed by atoms with E-state index in [1.165, 1.54) is 0 Å². The number of nitrogens with zero attached hydrogens (tertiary/aromatic N) is 2. The molecular weight excluding hydrogens is 250 g/mol. The number of hydrazine groups is 1. The third-order valence-electron chi connectivity index (χ3n) is 2.84. The Bertz CT molecular complexity index is 315. The molecular formula is C11H21N5O3. The Morgan fingerprint density at radius 2 is 1.79 bits per heavy atom. The summed E-state index contributed by atoms with van der Waals surface area (Å²) < 4.78 is 0. The minimum Gasteiger partial charge on any atom is -0.359 e. The molecule has 1 rings (SSSR count). The Hall–Kier alpha value is -1.67. The predicted molar refractivity (Wildman–Crippen MR) is 68.9 cm³/mol. The summed E-state index contributed by atoms with van der Waals surface area (Å²) in [5.41, 5.74) is 2.58. The molecule has 108 valence electrons. The maximum atomic E-state index is 11.6. The van der Waals surface area contributed by atoms with E-state index >= 15 is 0 Å². The Balaban J connectivity index is 2.14. The lowest BCUT2D eigenvalue weighted by atomic mass is 10.4. The van der Waals surface area contributed by atoms with Gasteiger partial charge in [0, 0.05) is 39.3 Å². The summed E-state index contributed by atoms with van der Waals surface area (Å²) in [4.78, 5) is 35.2. The van der Waals surface area contributed by atoms with Crippen molar-refractivity contribution < 1.29 is 14.4 Å². The second kappa shape index (κ2) is 8.44. The average molecular weight is 271 g/mol. The van der Waals surface area contributed by atoms with Crippen molar-refractivity contribution in [1.82, 2.24) is 26.0 Å². The van der Waals surface area contributed by atoms with E-state index in [1.54, 1.807) is 5.01 Å². The SMILES string of the molecule is CN1CCN(NC(=O)C(=O)NCCCNC=O)CC1. The summed E-state index contributed by atoms with van der Waals surface area (Å²) in [7, 11) is 2.01. The quantitative estimate of drug-likeness (QED) is 0.282. The molecule has 19 heavy (non-hydrogen) atoms. The fourth-order valence-corrected chi connectivity index (χ4v) is 1.64. The van der Waals surface area contributed by atoms with Crippen LogP contribution in [0.5, 0.6) is 0 Å². The topological polar surface area (TPSA) is 93.8 Å². The highest BCUT2D eigenvalue weighted by molar-refractivity contribution is 6.34. The zero-order valence-corrected chi connectivity index (χ0v) is 11.1. The first-order valence-electron chi connectivity index (χ1n) is 6.33. The average Bonchev–Trinajstić information content (AvgIpc) is 2.41. The van der Waals surface area contributed by atoms with E-state index in [1.807, 2.05) is 7.05 Å². The van der Waals surface area contributed by atoms with Crippen molar-refractivity contribution in [2.75, 3.05) is 46.3 Å². The van der Waals surface area contributed by atoms with E-state index in [0.29, 0.717) is 39.0 Å². The number of rotatable bonds is 6. The number of likely N-dealkylation sites (N-methyl/N-ethyl adjacent to an activating group) is 1. The van der Waals surface area contributed by atoms with Crippen molar-refractivity contribution in [1.29, 1.82) is 0 Å². The molecule has 1 aliphatic rings. The second-order valence-electron chi connectivity index (χ2n) is 4.41. The smallest absolute Gasteiger partial charge is 0.323 e. The third-order valence-corrected chi connectivity index (χ3v) is 2.84. The fraction of sp³-hybridized carbons (Fsp3) is 0.727. The van der Waals surface area contributed by atoms with Crippen molar-refractivity contribution in [2.24, 2.45) is 0 Å². The van der Waals surface area contributed by atoms with Crippen molar-refractivity contribution in [3.8, 4) is 0 Å². The van der Waals surface area contributed by atoms with Crippen LogP contribution < -0.4 is 16.1 Å². The Morgan fingerprint density at radius 3 is 2.42 bits per heavy atom. The molecule has 0 bridgehead atoms. The molecule has 0 spiro atoms. The molecule has 8 nitrogen and oxygen atoms in total. The zero-order chi connectivity index (χ0) is 14.1. The van der Waals surface area contributed by atoms with E-state index in [-0.39, 0.29) is 0 Å². The largest absolute Gasteiger partial charge is 0.359 e. The van der Waals surface area contributed by atoms with E-state index in [2.05, 4.69) is 21.0 Å². The molecule has 0 aromatic rings. The van der Waals surface area contributed by atoms with Crippen LogP contribution in [0.4, 0.5) is 0 Å². The van der Waals surface area contributed by atoms with Crippen molar-refractivity contribution in [3.05, 3.63) is 0 Å². The van der Waals surface area contributed by atoms with E-state index < -0.39 is 11.8 Å². The summed E-state index contributed by atoms with van der Waals surface area (Å²) in [5.74, 6) is -1.29. The lowest BCUT2D eigenvalue weighted by Gasteiger charge is -2.32. The second-order valence-corrected chi connectivity index (χ2v) is 4.41. The summed E-state index contributed by atoms with van der Waals surface area (Å²) in [6.45, 7) is 3.97. The summed E-state index contributed by atoms with van der Waals surface area (Å²) in [6.07, 6.45) is 1.19. The number of amides is 3. The summed E-state index contributed by atoms with van der Waals surface area (Å²) in [5, 5.41) is 6.72. The molecule has 3 amide bonds. The highest BCUT2D eigenvalue weighted by atomic mass is 16.2. The molecule has 0 aliphatic carbocycles. The molecule has 0 aromatic heterocycles. The summed E-state index contributed by atoms with van der Waals surface area (Å²) >= 11 is 0.